The number of hydrogen-bond acceptors (Lipinski definition) is 5. The van der Waals surface area contributed by atoms with Gasteiger partial charge in [-0.3, -0.25) is 9.59 Å². The highest BCUT2D eigenvalue weighted by Crippen LogP contribution is 2.73. The van der Waals surface area contributed by atoms with Crippen molar-refractivity contribution < 1.29 is 33.7 Å². The highest BCUT2D eigenvalue weighted by Gasteiger charge is 2.79. The van der Waals surface area contributed by atoms with Gasteiger partial charge in [-0.05, 0) is 59.7 Å². The van der Waals surface area contributed by atoms with Gasteiger partial charge >= 0.3 is 11.9 Å². The number of ketones is 1. The second-order valence-electron chi connectivity index (χ2n) is 13.8. The minimum Gasteiger partial charge on any atom is -0.478 e. The van der Waals surface area contributed by atoms with Gasteiger partial charge in [0.2, 0.25) is 5.60 Å². The fourth-order valence-electron chi connectivity index (χ4n) is 9.24. The smallest absolute Gasteiger partial charge is 0.349 e. The fraction of sp³-hybridized carbons (Fsp3) is 0.759. The molecule has 5 aliphatic rings. The molecular formula is C29H38ClFO6. The van der Waals surface area contributed by atoms with Crippen LogP contribution < -0.4 is 0 Å². The number of esters is 1. The van der Waals surface area contributed by atoms with E-state index in [-0.39, 0.29) is 35.0 Å². The molecule has 9 atom stereocenters. The molecule has 0 aromatic rings. The van der Waals surface area contributed by atoms with Gasteiger partial charge < -0.3 is 14.9 Å². The number of carbonyl (C=O) groups is 3. The Balaban J connectivity index is 1.59. The average Bonchev–Trinajstić information content (AvgIpc) is 3.08. The third-order valence-electron chi connectivity index (χ3n) is 12.0. The first kappa shape index (κ1) is 26.9. The quantitative estimate of drug-likeness (QED) is 0.394. The van der Waals surface area contributed by atoms with Gasteiger partial charge in [-0.1, -0.05) is 54.5 Å². The Labute approximate surface area is 222 Å². The Hall–Kier alpha value is -1.73. The number of halogens is 2. The third kappa shape index (κ3) is 2.88. The van der Waals surface area contributed by atoms with Crippen LogP contribution in [0.2, 0.25) is 0 Å². The number of aliphatic hydroxyl groups is 1. The number of hydrogen-bond donors (Lipinski definition) is 2. The van der Waals surface area contributed by atoms with E-state index in [1.807, 2.05) is 27.7 Å². The van der Waals surface area contributed by atoms with Gasteiger partial charge in [-0.25, -0.2) is 9.18 Å². The molecule has 5 aliphatic carbocycles. The maximum absolute atomic E-state index is 15.7. The van der Waals surface area contributed by atoms with Crippen molar-refractivity contribution in [2.45, 2.75) is 90.5 Å². The fourth-order valence-corrected chi connectivity index (χ4v) is 9.73. The lowest BCUT2D eigenvalue weighted by Crippen LogP contribution is -2.70. The summed E-state index contributed by atoms with van der Waals surface area (Å²) in [5.74, 6) is -4.15. The number of carboxylic acid groups (broad SMARTS) is 1. The Morgan fingerprint density at radius 1 is 1.08 bits per heavy atom. The van der Waals surface area contributed by atoms with E-state index in [9.17, 15) is 24.6 Å². The summed E-state index contributed by atoms with van der Waals surface area (Å²) in [5.41, 5.74) is -4.60. The summed E-state index contributed by atoms with van der Waals surface area (Å²) < 4.78 is 21.9. The lowest BCUT2D eigenvalue weighted by atomic mass is 9.45. The lowest BCUT2D eigenvalue weighted by Gasteiger charge is -2.64. The third-order valence-corrected chi connectivity index (χ3v) is 12.9. The van der Waals surface area contributed by atoms with Crippen LogP contribution in [0, 0.1) is 45.3 Å². The van der Waals surface area contributed by atoms with E-state index in [0.717, 1.165) is 0 Å². The van der Waals surface area contributed by atoms with Gasteiger partial charge in [-0.15, -0.1) is 11.6 Å². The molecule has 204 valence electrons. The summed E-state index contributed by atoms with van der Waals surface area (Å²) in [7, 11) is 0. The van der Waals surface area contributed by atoms with Gasteiger partial charge in [0, 0.05) is 16.7 Å². The van der Waals surface area contributed by atoms with Crippen LogP contribution >= 0.6 is 11.6 Å². The van der Waals surface area contributed by atoms with Gasteiger partial charge in [-0.2, -0.15) is 0 Å². The molecule has 4 fully saturated rings. The first-order valence-corrected chi connectivity index (χ1v) is 13.6. The maximum atomic E-state index is 15.7. The molecule has 5 rings (SSSR count). The number of fused-ring (bicyclic) bond motifs is 5. The van der Waals surface area contributed by atoms with Gasteiger partial charge in [0.1, 0.15) is 6.17 Å². The van der Waals surface area contributed by atoms with Crippen LogP contribution in [-0.2, 0) is 19.1 Å². The summed E-state index contributed by atoms with van der Waals surface area (Å²) in [5, 5.41) is 22.4. The van der Waals surface area contributed by atoms with Crippen molar-refractivity contribution in [1.82, 2.24) is 0 Å². The molecule has 0 unspecified atom stereocenters. The predicted molar refractivity (Wildman–Crippen MR) is 135 cm³/mol. The molecule has 37 heavy (non-hydrogen) atoms. The number of ether oxygens (including phenoxy) is 1. The normalized spacial score (nSPS) is 49.4. The Bertz CT molecular complexity index is 1150. The van der Waals surface area contributed by atoms with Crippen LogP contribution in [0.1, 0.15) is 67.7 Å². The van der Waals surface area contributed by atoms with E-state index >= 15 is 4.39 Å². The van der Waals surface area contributed by atoms with Gasteiger partial charge in [0.25, 0.3) is 0 Å². The first-order valence-electron chi connectivity index (χ1n) is 13.3. The predicted octanol–water partition coefficient (Wildman–Crippen LogP) is 4.87. The summed E-state index contributed by atoms with van der Waals surface area (Å²) in [6, 6.07) is 0. The highest BCUT2D eigenvalue weighted by atomic mass is 35.5. The van der Waals surface area contributed by atoms with Gasteiger partial charge in [0.15, 0.2) is 5.78 Å². The summed E-state index contributed by atoms with van der Waals surface area (Å²) in [6.45, 7) is 13.2. The molecule has 0 aromatic carbocycles. The zero-order valence-corrected chi connectivity index (χ0v) is 23.4. The van der Waals surface area contributed by atoms with Crippen LogP contribution in [0.3, 0.4) is 0 Å². The average molecular weight is 537 g/mol. The molecule has 2 N–H and O–H groups in total. The summed E-state index contributed by atoms with van der Waals surface area (Å²) in [6.07, 6.45) is 1.86. The summed E-state index contributed by atoms with van der Waals surface area (Å²) in [4.78, 5) is 37.4. The highest BCUT2D eigenvalue weighted by molar-refractivity contribution is 6.26. The van der Waals surface area contributed by atoms with E-state index < -0.39 is 69.2 Å². The van der Waals surface area contributed by atoms with Crippen LogP contribution in [0.4, 0.5) is 4.39 Å². The molecule has 6 nitrogen and oxygen atoms in total. The molecule has 0 radical (unpaired) electrons. The number of carbonyl (C=O) groups excluding carboxylic acids is 2. The minimum atomic E-state index is -1.89. The number of aliphatic hydroxyl groups excluding tert-OH is 1. The van der Waals surface area contributed by atoms with Crippen molar-refractivity contribution in [1.29, 1.82) is 0 Å². The van der Waals surface area contributed by atoms with Crippen molar-refractivity contribution >= 4 is 29.3 Å². The molecule has 0 saturated heterocycles. The molecular weight excluding hydrogens is 499 g/mol. The molecule has 0 heterocycles. The SMILES string of the molecule is C[C@@H]1C[C@H]2[C@@H]3C[C@H](F)C4=CC(=O)C=C[C@]4(C)[C@@]3(Cl)[C@@H](O)C[C@]2(C)[C@@]1(OC(=O)C1C(C)(C)C1(C)C)C(=O)O. The number of aliphatic carboxylic acids is 1. The van der Waals surface area contributed by atoms with E-state index in [2.05, 4.69) is 0 Å². The monoisotopic (exact) mass is 536 g/mol. The molecule has 0 bridgehead atoms. The Morgan fingerprint density at radius 2 is 1.68 bits per heavy atom. The number of alkyl halides is 2. The van der Waals surface area contributed by atoms with Crippen LogP contribution in [-0.4, -0.2) is 50.7 Å². The van der Waals surface area contributed by atoms with Gasteiger partial charge in [0.05, 0.1) is 16.9 Å². The van der Waals surface area contributed by atoms with Crippen molar-refractivity contribution in [3.05, 3.63) is 23.8 Å². The number of rotatable bonds is 3. The van der Waals surface area contributed by atoms with Crippen LogP contribution in [0.15, 0.2) is 23.8 Å². The Morgan fingerprint density at radius 3 is 2.22 bits per heavy atom. The second kappa shape index (κ2) is 7.47. The van der Waals surface area contributed by atoms with E-state index in [4.69, 9.17) is 16.3 Å². The second-order valence-corrected chi connectivity index (χ2v) is 14.5. The molecule has 0 spiro atoms. The zero-order chi connectivity index (χ0) is 27.7. The zero-order valence-electron chi connectivity index (χ0n) is 22.6. The number of allylic oxidation sites excluding steroid dienone is 4. The molecule has 8 heteroatoms. The lowest BCUT2D eigenvalue weighted by molar-refractivity contribution is -0.215. The van der Waals surface area contributed by atoms with Crippen molar-refractivity contribution in [3.63, 3.8) is 0 Å². The largest absolute Gasteiger partial charge is 0.478 e. The van der Waals surface area contributed by atoms with Crippen molar-refractivity contribution in [2.24, 2.45) is 45.3 Å². The topological polar surface area (TPSA) is 101 Å². The van der Waals surface area contributed by atoms with E-state index in [1.165, 1.54) is 12.2 Å². The number of carboxylic acids is 1. The maximum Gasteiger partial charge on any atom is 0.349 e. The Kier molecular flexibility index (Phi) is 5.42. The van der Waals surface area contributed by atoms with Crippen LogP contribution in [0.5, 0.6) is 0 Å². The molecule has 4 saturated carbocycles. The standard InChI is InChI=1S/C29H38ClFO6/c1-14-10-16-17-12-19(31)18-11-15(32)8-9-26(18,6)28(17,30)20(33)13-27(16,7)29(14,23(35)36)37-22(34)21-24(2,3)25(21,4)5/h8-9,11,14,16-17,19-21,33H,10,12-13H2,1-7H3,(H,35,36)/t14-,16+,17+,19+,20+,26+,27+,28+,29+/m1/s1. The van der Waals surface area contributed by atoms with Crippen molar-refractivity contribution in [2.75, 3.05) is 0 Å². The van der Waals surface area contributed by atoms with Crippen LogP contribution in [0.25, 0.3) is 0 Å². The molecule has 0 amide bonds. The van der Waals surface area contributed by atoms with E-state index in [1.54, 1.807) is 26.8 Å². The van der Waals surface area contributed by atoms with E-state index in [0.29, 0.717) is 6.42 Å². The minimum absolute atomic E-state index is 0.0271. The van der Waals surface area contributed by atoms with Crippen molar-refractivity contribution in [3.8, 4) is 0 Å². The summed E-state index contributed by atoms with van der Waals surface area (Å²) >= 11 is 7.37. The first-order chi connectivity index (χ1) is 16.8. The molecule has 0 aliphatic heterocycles. The molecule has 0 aromatic heterocycles.